The number of hydrogen-bond acceptors (Lipinski definition) is 5. The molecular formula is C44H51NO2S3Si. The van der Waals surface area contributed by atoms with E-state index in [0.29, 0.717) is 22.7 Å². The zero-order valence-corrected chi connectivity index (χ0v) is 34.4. The van der Waals surface area contributed by atoms with E-state index in [9.17, 15) is 9.59 Å². The van der Waals surface area contributed by atoms with E-state index in [2.05, 4.69) is 82.3 Å². The molecule has 2 aliphatic rings. The van der Waals surface area contributed by atoms with E-state index in [0.717, 1.165) is 21.1 Å². The molecule has 0 spiro atoms. The SMILES string of the molecule is CCCCCCCCc1ccc(N2C(=O)c3c(C)sc(-c4cc5c(s4)-c4sc(C)cc4[Si]5(CC(CC)CCCC)c4ccccc4)c3C2=O)cc1. The Morgan fingerprint density at radius 3 is 2.08 bits per heavy atom. The van der Waals surface area contributed by atoms with Gasteiger partial charge >= 0.3 is 0 Å². The molecular weight excluding hydrogens is 699 g/mol. The average molecular weight is 750 g/mol. The number of nitrogens with zero attached hydrogens (tertiary/aromatic N) is 1. The summed E-state index contributed by atoms with van der Waals surface area (Å²) in [5.74, 6) is 0.294. The molecule has 0 bridgehead atoms. The van der Waals surface area contributed by atoms with Gasteiger partial charge in [-0.2, -0.15) is 0 Å². The zero-order valence-electron chi connectivity index (χ0n) is 30.9. The lowest BCUT2D eigenvalue weighted by Crippen LogP contribution is -2.65. The van der Waals surface area contributed by atoms with Gasteiger partial charge in [-0.3, -0.25) is 9.59 Å². The number of amides is 2. The number of imide groups is 1. The molecule has 0 saturated heterocycles. The van der Waals surface area contributed by atoms with Crippen LogP contribution in [0.15, 0.2) is 66.7 Å². The van der Waals surface area contributed by atoms with Gasteiger partial charge in [0.25, 0.3) is 11.8 Å². The minimum absolute atomic E-state index is 0.184. The number of carbonyl (C=O) groups excluding carboxylic acids is 2. The fourth-order valence-corrected chi connectivity index (χ4v) is 19.2. The Balaban J connectivity index is 1.24. The molecule has 3 nitrogen and oxygen atoms in total. The molecule has 0 fully saturated rings. The molecule has 0 radical (unpaired) electrons. The van der Waals surface area contributed by atoms with Crippen LogP contribution in [0.4, 0.5) is 5.69 Å². The van der Waals surface area contributed by atoms with E-state index in [-0.39, 0.29) is 11.8 Å². The topological polar surface area (TPSA) is 37.4 Å². The summed E-state index contributed by atoms with van der Waals surface area (Å²) < 4.78 is 0. The molecule has 0 aliphatic carbocycles. The number of unbranched alkanes of at least 4 members (excludes halogenated alkanes) is 6. The molecule has 2 aromatic carbocycles. The van der Waals surface area contributed by atoms with Crippen molar-refractivity contribution < 1.29 is 9.59 Å². The quantitative estimate of drug-likeness (QED) is 0.0572. The third-order valence-corrected chi connectivity index (χ3v) is 20.4. The summed E-state index contributed by atoms with van der Waals surface area (Å²) in [6.07, 6.45) is 13.6. The van der Waals surface area contributed by atoms with E-state index in [4.69, 9.17) is 0 Å². The van der Waals surface area contributed by atoms with Crippen LogP contribution in [0.5, 0.6) is 0 Å². The number of carbonyl (C=O) groups is 2. The van der Waals surface area contributed by atoms with Gasteiger partial charge < -0.3 is 0 Å². The summed E-state index contributed by atoms with van der Waals surface area (Å²) in [5.41, 5.74) is 3.13. The van der Waals surface area contributed by atoms with Crippen LogP contribution < -0.4 is 20.5 Å². The summed E-state index contributed by atoms with van der Waals surface area (Å²) in [6.45, 7) is 11.2. The lowest BCUT2D eigenvalue weighted by molar-refractivity contribution is 0.0926. The maximum absolute atomic E-state index is 14.3. The van der Waals surface area contributed by atoms with Crippen LogP contribution in [0.1, 0.15) is 121 Å². The standard InChI is InChI=1S/C44H51NO2S3Si/c1-6-9-11-12-13-15-19-32-22-24-33(25-23-32)45-43(46)38-30(5)49-40(39(38)44(45)47)35-27-37-42(50-35)41-36(26-29(4)48-41)51(37,34-20-16-14-17-21-34)28-31(8-3)18-10-7-2/h14,16-17,20-27,31H,6-13,15,18-19,28H2,1-5H3. The fourth-order valence-electron chi connectivity index (χ4n) is 8.53. The molecule has 266 valence electrons. The second kappa shape index (κ2) is 15.5. The van der Waals surface area contributed by atoms with Gasteiger partial charge in [0.15, 0.2) is 8.07 Å². The van der Waals surface area contributed by atoms with Crippen LogP contribution in [0.3, 0.4) is 0 Å². The summed E-state index contributed by atoms with van der Waals surface area (Å²) in [6, 6.07) is 25.7. The second-order valence-electron chi connectivity index (χ2n) is 14.7. The van der Waals surface area contributed by atoms with Crippen molar-refractivity contribution in [2.45, 2.75) is 111 Å². The molecule has 5 heterocycles. The zero-order chi connectivity index (χ0) is 35.7. The minimum atomic E-state index is -2.35. The Kier molecular flexibility index (Phi) is 11.0. The first-order valence-electron chi connectivity index (χ1n) is 19.2. The van der Waals surface area contributed by atoms with Crippen LogP contribution in [0, 0.1) is 19.8 Å². The highest BCUT2D eigenvalue weighted by molar-refractivity contribution is 7.33. The number of thiophene rings is 3. The molecule has 5 aromatic rings. The normalized spacial score (nSPS) is 16.9. The number of rotatable bonds is 16. The first-order chi connectivity index (χ1) is 24.8. The Hall–Kier alpha value is -3.10. The van der Waals surface area contributed by atoms with E-state index < -0.39 is 8.07 Å². The summed E-state index contributed by atoms with van der Waals surface area (Å²) >= 11 is 5.41. The highest BCUT2D eigenvalue weighted by atomic mass is 32.1. The maximum atomic E-state index is 14.3. The van der Waals surface area contributed by atoms with Crippen molar-refractivity contribution in [1.82, 2.24) is 0 Å². The number of fused-ring (bicyclic) bond motifs is 4. The third-order valence-electron chi connectivity index (χ3n) is 11.3. The first kappa shape index (κ1) is 36.3. The third kappa shape index (κ3) is 6.58. The van der Waals surface area contributed by atoms with Crippen molar-refractivity contribution in [3.63, 3.8) is 0 Å². The van der Waals surface area contributed by atoms with Gasteiger partial charge in [0.05, 0.1) is 21.7 Å². The average Bonchev–Trinajstić information content (AvgIpc) is 3.93. The van der Waals surface area contributed by atoms with Gasteiger partial charge in [0, 0.05) is 24.4 Å². The highest BCUT2D eigenvalue weighted by Crippen LogP contribution is 2.49. The highest BCUT2D eigenvalue weighted by Gasteiger charge is 2.51. The Bertz CT molecular complexity index is 2020. The summed E-state index contributed by atoms with van der Waals surface area (Å²) in [7, 11) is -2.35. The predicted molar refractivity (Wildman–Crippen MR) is 224 cm³/mol. The van der Waals surface area contributed by atoms with Gasteiger partial charge in [-0.05, 0) is 84.0 Å². The van der Waals surface area contributed by atoms with Crippen LogP contribution in [0.2, 0.25) is 6.04 Å². The number of aryl methyl sites for hydroxylation is 3. The number of benzene rings is 2. The van der Waals surface area contributed by atoms with Gasteiger partial charge in [-0.25, -0.2) is 4.90 Å². The molecule has 2 unspecified atom stereocenters. The van der Waals surface area contributed by atoms with Gasteiger partial charge in [-0.1, -0.05) is 121 Å². The Labute approximate surface area is 317 Å². The molecule has 7 rings (SSSR count). The molecule has 7 heteroatoms. The van der Waals surface area contributed by atoms with Crippen molar-refractivity contribution in [3.8, 4) is 19.5 Å². The van der Waals surface area contributed by atoms with Crippen molar-refractivity contribution >= 4 is 75.1 Å². The predicted octanol–water partition coefficient (Wildman–Crippen LogP) is 11.5. The summed E-state index contributed by atoms with van der Waals surface area (Å²) in [5, 5.41) is 4.59. The molecule has 2 aliphatic heterocycles. The van der Waals surface area contributed by atoms with E-state index in [1.165, 1.54) is 106 Å². The van der Waals surface area contributed by atoms with Crippen LogP contribution in [-0.4, -0.2) is 19.9 Å². The Morgan fingerprint density at radius 2 is 1.35 bits per heavy atom. The van der Waals surface area contributed by atoms with Gasteiger partial charge in [0.2, 0.25) is 0 Å². The lowest BCUT2D eigenvalue weighted by Gasteiger charge is -2.33. The second-order valence-corrected chi connectivity index (χ2v) is 22.1. The molecule has 0 N–H and O–H groups in total. The molecule has 2 amide bonds. The van der Waals surface area contributed by atoms with E-state index in [1.54, 1.807) is 16.5 Å². The molecule has 2 atom stereocenters. The van der Waals surface area contributed by atoms with Gasteiger partial charge in [0.1, 0.15) is 0 Å². The van der Waals surface area contributed by atoms with Gasteiger partial charge in [-0.15, -0.1) is 34.0 Å². The van der Waals surface area contributed by atoms with Crippen molar-refractivity contribution in [3.05, 3.63) is 93.2 Å². The van der Waals surface area contributed by atoms with Crippen LogP contribution in [-0.2, 0) is 6.42 Å². The monoisotopic (exact) mass is 749 g/mol. The number of hydrogen-bond donors (Lipinski definition) is 0. The smallest absolute Gasteiger partial charge is 0.267 e. The molecule has 0 saturated carbocycles. The van der Waals surface area contributed by atoms with Crippen LogP contribution in [0.25, 0.3) is 19.5 Å². The fraction of sp³-hybridized carbons (Fsp3) is 0.409. The largest absolute Gasteiger partial charge is 0.268 e. The first-order valence-corrected chi connectivity index (χ1v) is 23.9. The van der Waals surface area contributed by atoms with Crippen molar-refractivity contribution in [1.29, 1.82) is 0 Å². The van der Waals surface area contributed by atoms with E-state index >= 15 is 0 Å². The Morgan fingerprint density at radius 1 is 0.686 bits per heavy atom. The van der Waals surface area contributed by atoms with Crippen LogP contribution >= 0.6 is 34.0 Å². The minimum Gasteiger partial charge on any atom is -0.268 e. The number of anilines is 1. The van der Waals surface area contributed by atoms with E-state index in [1.807, 2.05) is 41.7 Å². The lowest BCUT2D eigenvalue weighted by atomic mass is 10.0. The summed E-state index contributed by atoms with van der Waals surface area (Å²) in [4.78, 5) is 37.0. The van der Waals surface area contributed by atoms with Crippen molar-refractivity contribution in [2.24, 2.45) is 5.92 Å². The maximum Gasteiger partial charge on any atom is 0.267 e. The molecule has 3 aromatic heterocycles. The molecule has 51 heavy (non-hydrogen) atoms. The van der Waals surface area contributed by atoms with Crippen molar-refractivity contribution in [2.75, 3.05) is 4.90 Å².